The minimum Gasteiger partial charge on any atom is -0.493 e. The van der Waals surface area contributed by atoms with E-state index in [1.165, 1.54) is 32.4 Å². The summed E-state index contributed by atoms with van der Waals surface area (Å²) in [7, 11) is -0.181. The summed E-state index contributed by atoms with van der Waals surface area (Å²) in [4.78, 5) is 25.7. The summed E-state index contributed by atoms with van der Waals surface area (Å²) >= 11 is 5.87. The fraction of sp³-hybridized carbons (Fsp3) is 0.273. The molecule has 0 aromatic heterocycles. The number of benzene rings is 2. The summed E-state index contributed by atoms with van der Waals surface area (Å²) in [6.07, 6.45) is 1.80. The molecule has 2 aromatic rings. The van der Waals surface area contributed by atoms with Crippen molar-refractivity contribution in [3.05, 3.63) is 64.3 Å². The fourth-order valence-corrected chi connectivity index (χ4v) is 5.03. The molecule has 0 saturated carbocycles. The Balaban J connectivity index is 1.89. The number of halogens is 1. The Bertz CT molecular complexity index is 1150. The lowest BCUT2D eigenvalue weighted by Crippen LogP contribution is -2.41. The number of hydrogen-bond acceptors (Lipinski definition) is 6. The number of sulfone groups is 1. The Labute approximate surface area is 191 Å². The average molecular weight is 479 g/mol. The van der Waals surface area contributed by atoms with E-state index in [9.17, 15) is 18.0 Å². The summed E-state index contributed by atoms with van der Waals surface area (Å²) < 4.78 is 34.0. The van der Waals surface area contributed by atoms with Crippen molar-refractivity contribution in [3.63, 3.8) is 0 Å². The van der Waals surface area contributed by atoms with Crippen LogP contribution in [-0.4, -0.2) is 52.0 Å². The van der Waals surface area contributed by atoms with Crippen LogP contribution in [0.15, 0.2) is 48.2 Å². The summed E-state index contributed by atoms with van der Waals surface area (Å²) in [6.45, 7) is 0. The third-order valence-electron chi connectivity index (χ3n) is 4.89. The fourth-order valence-electron chi connectivity index (χ4n) is 3.24. The number of ether oxygens (including phenoxy) is 2. The third-order valence-corrected chi connectivity index (χ3v) is 6.91. The van der Waals surface area contributed by atoms with E-state index in [2.05, 4.69) is 10.6 Å². The first kappa shape index (κ1) is 23.6. The van der Waals surface area contributed by atoms with Crippen LogP contribution in [0, 0.1) is 0 Å². The van der Waals surface area contributed by atoms with Crippen LogP contribution in [0.4, 0.5) is 0 Å². The molecule has 8 nitrogen and oxygen atoms in total. The number of hydrogen-bond donors (Lipinski definition) is 2. The van der Waals surface area contributed by atoms with Gasteiger partial charge in [0.2, 0.25) is 0 Å². The second kappa shape index (κ2) is 10.1. The molecule has 32 heavy (non-hydrogen) atoms. The lowest BCUT2D eigenvalue weighted by Gasteiger charge is -2.15. The van der Waals surface area contributed by atoms with Crippen LogP contribution in [0.5, 0.6) is 11.5 Å². The highest BCUT2D eigenvalue weighted by atomic mass is 35.5. The predicted octanol–water partition coefficient (Wildman–Crippen LogP) is 2.43. The second-order valence-corrected chi connectivity index (χ2v) is 9.87. The Kier molecular flexibility index (Phi) is 7.42. The number of carbonyl (C=O) groups excluding carboxylic acids is 2. The van der Waals surface area contributed by atoms with Crippen LogP contribution in [0.2, 0.25) is 5.02 Å². The number of methoxy groups -OCH3 is 2. The van der Waals surface area contributed by atoms with Gasteiger partial charge in [-0.2, -0.15) is 0 Å². The van der Waals surface area contributed by atoms with E-state index in [1.807, 2.05) is 0 Å². The molecule has 0 spiro atoms. The molecule has 2 amide bonds. The largest absolute Gasteiger partial charge is 0.493 e. The zero-order valence-electron chi connectivity index (χ0n) is 17.6. The Morgan fingerprint density at radius 3 is 2.34 bits per heavy atom. The van der Waals surface area contributed by atoms with Crippen molar-refractivity contribution in [1.82, 2.24) is 10.6 Å². The number of amides is 2. The van der Waals surface area contributed by atoms with E-state index in [-0.39, 0.29) is 17.2 Å². The molecule has 1 unspecified atom stereocenters. The minimum absolute atomic E-state index is 0.0177. The van der Waals surface area contributed by atoms with Crippen molar-refractivity contribution in [1.29, 1.82) is 0 Å². The van der Waals surface area contributed by atoms with Crippen molar-refractivity contribution >= 4 is 39.3 Å². The number of rotatable bonds is 7. The Hall–Kier alpha value is -3.04. The van der Waals surface area contributed by atoms with Crippen LogP contribution in [0.25, 0.3) is 6.08 Å². The smallest absolute Gasteiger partial charge is 0.268 e. The topological polar surface area (TPSA) is 111 Å². The van der Waals surface area contributed by atoms with Gasteiger partial charge in [0.1, 0.15) is 5.70 Å². The van der Waals surface area contributed by atoms with Gasteiger partial charge in [0.25, 0.3) is 11.8 Å². The maximum atomic E-state index is 12.9. The predicted molar refractivity (Wildman–Crippen MR) is 122 cm³/mol. The molecule has 0 bridgehead atoms. The Morgan fingerprint density at radius 1 is 1.06 bits per heavy atom. The van der Waals surface area contributed by atoms with Gasteiger partial charge in [-0.3, -0.25) is 9.59 Å². The third kappa shape index (κ3) is 6.02. The second-order valence-electron chi connectivity index (χ2n) is 7.21. The molecular weight excluding hydrogens is 456 g/mol. The molecule has 170 valence electrons. The lowest BCUT2D eigenvalue weighted by molar-refractivity contribution is -0.118. The first-order chi connectivity index (χ1) is 15.2. The summed E-state index contributed by atoms with van der Waals surface area (Å²) in [6, 6.07) is 10.7. The molecule has 1 fully saturated rings. The van der Waals surface area contributed by atoms with E-state index in [0.717, 1.165) is 0 Å². The maximum absolute atomic E-state index is 12.9. The summed E-state index contributed by atoms with van der Waals surface area (Å²) in [5, 5.41) is 5.78. The van der Waals surface area contributed by atoms with Crippen molar-refractivity contribution in [2.75, 3.05) is 25.7 Å². The maximum Gasteiger partial charge on any atom is 0.268 e. The summed E-state index contributed by atoms with van der Waals surface area (Å²) in [5.74, 6) is -0.257. The molecule has 1 aliphatic rings. The Morgan fingerprint density at radius 2 is 1.75 bits per heavy atom. The standard InChI is InChI=1S/C22H23ClN2O6S/c1-30-19-8-3-14(12-20(19)31-2)11-18(22(27)24-17-9-10-32(28,29)13-17)25-21(26)15-4-6-16(23)7-5-15/h3-8,11-12,17H,9-10,13H2,1-2H3,(H,24,27)(H,25,26). The zero-order valence-corrected chi connectivity index (χ0v) is 19.1. The molecular formula is C22H23ClN2O6S. The molecule has 2 N–H and O–H groups in total. The highest BCUT2D eigenvalue weighted by molar-refractivity contribution is 7.91. The molecule has 0 radical (unpaired) electrons. The van der Waals surface area contributed by atoms with E-state index >= 15 is 0 Å². The van der Waals surface area contributed by atoms with Crippen molar-refractivity contribution in [3.8, 4) is 11.5 Å². The van der Waals surface area contributed by atoms with Gasteiger partial charge in [-0.25, -0.2) is 8.42 Å². The molecule has 1 aliphatic heterocycles. The number of carbonyl (C=O) groups is 2. The van der Waals surface area contributed by atoms with Gasteiger partial charge >= 0.3 is 0 Å². The molecule has 1 saturated heterocycles. The first-order valence-corrected chi connectivity index (χ1v) is 11.9. The van der Waals surface area contributed by atoms with Gasteiger partial charge in [-0.15, -0.1) is 0 Å². The molecule has 10 heteroatoms. The zero-order chi connectivity index (χ0) is 23.3. The normalized spacial score (nSPS) is 17.5. The van der Waals surface area contributed by atoms with Crippen LogP contribution in [0.3, 0.4) is 0 Å². The molecule has 1 heterocycles. The van der Waals surface area contributed by atoms with E-state index in [1.54, 1.807) is 30.3 Å². The van der Waals surface area contributed by atoms with Crippen molar-refractivity contribution < 1.29 is 27.5 Å². The van der Waals surface area contributed by atoms with Gasteiger partial charge in [0, 0.05) is 16.6 Å². The van der Waals surface area contributed by atoms with Gasteiger partial charge in [0.15, 0.2) is 21.3 Å². The lowest BCUT2D eigenvalue weighted by atomic mass is 10.1. The van der Waals surface area contributed by atoms with E-state index in [4.69, 9.17) is 21.1 Å². The first-order valence-electron chi connectivity index (χ1n) is 9.72. The molecule has 1 atom stereocenters. The van der Waals surface area contributed by atoms with E-state index < -0.39 is 27.7 Å². The molecule has 0 aliphatic carbocycles. The molecule has 3 rings (SSSR count). The summed E-state index contributed by atoms with van der Waals surface area (Å²) in [5.41, 5.74) is 0.841. The van der Waals surface area contributed by atoms with Crippen molar-refractivity contribution in [2.24, 2.45) is 0 Å². The van der Waals surface area contributed by atoms with E-state index in [0.29, 0.717) is 34.1 Å². The highest BCUT2D eigenvalue weighted by Crippen LogP contribution is 2.28. The van der Waals surface area contributed by atoms with Crippen LogP contribution >= 0.6 is 11.6 Å². The van der Waals surface area contributed by atoms with Crippen molar-refractivity contribution in [2.45, 2.75) is 12.5 Å². The van der Waals surface area contributed by atoms with Crippen LogP contribution in [0.1, 0.15) is 22.3 Å². The monoisotopic (exact) mass is 478 g/mol. The minimum atomic E-state index is -3.18. The number of nitrogens with one attached hydrogen (secondary N) is 2. The quantitative estimate of drug-likeness (QED) is 0.591. The van der Waals surface area contributed by atoms with Gasteiger partial charge < -0.3 is 20.1 Å². The van der Waals surface area contributed by atoms with Gasteiger partial charge in [-0.05, 0) is 54.5 Å². The van der Waals surface area contributed by atoms with Gasteiger partial charge in [0.05, 0.1) is 25.7 Å². The average Bonchev–Trinajstić information content (AvgIpc) is 3.11. The van der Waals surface area contributed by atoms with Crippen LogP contribution < -0.4 is 20.1 Å². The van der Waals surface area contributed by atoms with Gasteiger partial charge in [-0.1, -0.05) is 17.7 Å². The molecule has 2 aromatic carbocycles. The SMILES string of the molecule is COc1ccc(C=C(NC(=O)c2ccc(Cl)cc2)C(=O)NC2CCS(=O)(=O)C2)cc1OC. The highest BCUT2D eigenvalue weighted by Gasteiger charge is 2.30. The van der Waals surface area contributed by atoms with Crippen LogP contribution in [-0.2, 0) is 14.6 Å².